The number of ether oxygens (including phenoxy) is 1. The Balaban J connectivity index is 1.48. The predicted octanol–water partition coefficient (Wildman–Crippen LogP) is 4.28. The van der Waals surface area contributed by atoms with Gasteiger partial charge in [0.2, 0.25) is 5.95 Å². The maximum Gasteiger partial charge on any atom is 0.228 e. The van der Waals surface area contributed by atoms with Crippen LogP contribution in [0.25, 0.3) is 17.0 Å². The fourth-order valence-corrected chi connectivity index (χ4v) is 3.79. The van der Waals surface area contributed by atoms with Crippen molar-refractivity contribution in [3.8, 4) is 17.1 Å². The van der Waals surface area contributed by atoms with Gasteiger partial charge in [-0.2, -0.15) is 0 Å². The Morgan fingerprint density at radius 1 is 1.07 bits per heavy atom. The average Bonchev–Trinajstić information content (AvgIpc) is 3.46. The van der Waals surface area contributed by atoms with Gasteiger partial charge in [0, 0.05) is 31.0 Å². The number of benzene rings is 1. The minimum Gasteiger partial charge on any atom is -0.494 e. The van der Waals surface area contributed by atoms with Gasteiger partial charge in [-0.1, -0.05) is 6.07 Å². The molecule has 3 aromatic heterocycles. The summed E-state index contributed by atoms with van der Waals surface area (Å²) >= 11 is 0. The van der Waals surface area contributed by atoms with E-state index in [1.54, 1.807) is 17.7 Å². The van der Waals surface area contributed by atoms with E-state index >= 15 is 0 Å². The largest absolute Gasteiger partial charge is 0.494 e. The van der Waals surface area contributed by atoms with Crippen LogP contribution in [0.15, 0.2) is 55.0 Å². The SMILES string of the molecule is COc1cc(N2CCCC2)ccc1Nc1ncc(F)c(-c2cnc3ccccn23)n1. The zero-order valence-corrected chi connectivity index (χ0v) is 16.5. The van der Waals surface area contributed by atoms with Crippen molar-refractivity contribution in [2.75, 3.05) is 30.4 Å². The summed E-state index contributed by atoms with van der Waals surface area (Å²) < 4.78 is 21.9. The number of imidazole rings is 1. The van der Waals surface area contributed by atoms with Crippen molar-refractivity contribution >= 4 is 23.0 Å². The number of nitrogens with one attached hydrogen (secondary N) is 1. The maximum atomic E-state index is 14.5. The van der Waals surface area contributed by atoms with E-state index in [9.17, 15) is 4.39 Å². The van der Waals surface area contributed by atoms with Gasteiger partial charge >= 0.3 is 0 Å². The number of hydrogen-bond acceptors (Lipinski definition) is 6. The monoisotopic (exact) mass is 404 g/mol. The van der Waals surface area contributed by atoms with E-state index in [1.165, 1.54) is 12.8 Å². The molecule has 0 saturated carbocycles. The van der Waals surface area contributed by atoms with Gasteiger partial charge in [-0.15, -0.1) is 0 Å². The molecule has 8 heteroatoms. The third-order valence-electron chi connectivity index (χ3n) is 5.31. The molecule has 0 amide bonds. The van der Waals surface area contributed by atoms with Crippen molar-refractivity contribution in [2.45, 2.75) is 12.8 Å². The lowest BCUT2D eigenvalue weighted by molar-refractivity contribution is 0.417. The molecule has 0 spiro atoms. The highest BCUT2D eigenvalue weighted by molar-refractivity contribution is 5.69. The number of aromatic nitrogens is 4. The molecule has 5 rings (SSSR count). The quantitative estimate of drug-likeness (QED) is 0.535. The van der Waals surface area contributed by atoms with Crippen LogP contribution < -0.4 is 15.0 Å². The molecular weight excluding hydrogens is 383 g/mol. The molecule has 7 nitrogen and oxygen atoms in total. The Labute approximate surface area is 173 Å². The Kier molecular flexibility index (Phi) is 4.66. The summed E-state index contributed by atoms with van der Waals surface area (Å²) in [7, 11) is 1.63. The molecule has 1 aliphatic rings. The van der Waals surface area contributed by atoms with E-state index in [1.807, 2.05) is 42.6 Å². The van der Waals surface area contributed by atoms with Gasteiger partial charge in [0.05, 0.1) is 30.9 Å². The smallest absolute Gasteiger partial charge is 0.228 e. The summed E-state index contributed by atoms with van der Waals surface area (Å²) in [5.74, 6) is 0.454. The predicted molar refractivity (Wildman–Crippen MR) is 114 cm³/mol. The van der Waals surface area contributed by atoms with E-state index < -0.39 is 5.82 Å². The molecule has 30 heavy (non-hydrogen) atoms. The van der Waals surface area contributed by atoms with Gasteiger partial charge in [0.15, 0.2) is 5.82 Å². The van der Waals surface area contributed by atoms with Crippen LogP contribution in [-0.2, 0) is 0 Å². The molecule has 4 aromatic rings. The lowest BCUT2D eigenvalue weighted by Crippen LogP contribution is -2.17. The van der Waals surface area contributed by atoms with Crippen LogP contribution in [0.4, 0.5) is 21.7 Å². The van der Waals surface area contributed by atoms with Gasteiger partial charge < -0.3 is 15.0 Å². The highest BCUT2D eigenvalue weighted by Crippen LogP contribution is 2.33. The first kappa shape index (κ1) is 18.4. The van der Waals surface area contributed by atoms with Gasteiger partial charge in [0.1, 0.15) is 17.1 Å². The van der Waals surface area contributed by atoms with E-state index in [0.717, 1.165) is 36.3 Å². The summed E-state index contributed by atoms with van der Waals surface area (Å²) in [6, 6.07) is 11.6. The number of anilines is 3. The Bertz CT molecular complexity index is 1200. The van der Waals surface area contributed by atoms with Gasteiger partial charge in [-0.05, 0) is 37.1 Å². The van der Waals surface area contributed by atoms with Crippen LogP contribution in [0.3, 0.4) is 0 Å². The van der Waals surface area contributed by atoms with Gasteiger partial charge in [-0.25, -0.2) is 19.3 Å². The number of halogens is 1. The third kappa shape index (κ3) is 3.30. The summed E-state index contributed by atoms with van der Waals surface area (Å²) in [6.45, 7) is 2.11. The standard InChI is InChI=1S/C22H21FN6O/c1-30-19-12-15(28-9-4-5-10-28)7-8-17(19)26-22-25-13-16(23)21(27-22)18-14-24-20-6-2-3-11-29(18)20/h2-3,6-8,11-14H,4-5,9-10H2,1H3,(H,25,26,27). The van der Waals surface area contributed by atoms with E-state index in [0.29, 0.717) is 11.4 Å². The van der Waals surface area contributed by atoms with E-state index in [4.69, 9.17) is 4.74 Å². The zero-order valence-electron chi connectivity index (χ0n) is 16.5. The Hall–Kier alpha value is -3.68. The molecule has 1 saturated heterocycles. The van der Waals surface area contributed by atoms with Crippen molar-refractivity contribution in [1.82, 2.24) is 19.4 Å². The molecule has 0 aliphatic carbocycles. The Morgan fingerprint density at radius 2 is 1.93 bits per heavy atom. The first-order chi connectivity index (χ1) is 14.7. The summed E-state index contributed by atoms with van der Waals surface area (Å²) in [4.78, 5) is 15.2. The van der Waals surface area contributed by atoms with Crippen molar-refractivity contribution in [3.05, 3.63) is 60.8 Å². The molecule has 0 bridgehead atoms. The van der Waals surface area contributed by atoms with Crippen molar-refractivity contribution < 1.29 is 9.13 Å². The van der Waals surface area contributed by atoms with Crippen LogP contribution in [0, 0.1) is 5.82 Å². The van der Waals surface area contributed by atoms with Crippen molar-refractivity contribution in [3.63, 3.8) is 0 Å². The lowest BCUT2D eigenvalue weighted by atomic mass is 10.2. The highest BCUT2D eigenvalue weighted by Gasteiger charge is 2.17. The first-order valence-corrected chi connectivity index (χ1v) is 9.88. The van der Waals surface area contributed by atoms with E-state index in [2.05, 4.69) is 25.2 Å². The number of pyridine rings is 1. The summed E-state index contributed by atoms with van der Waals surface area (Å²) in [5.41, 5.74) is 3.31. The number of rotatable bonds is 5. The number of methoxy groups -OCH3 is 1. The molecule has 152 valence electrons. The second-order valence-corrected chi connectivity index (χ2v) is 7.17. The fourth-order valence-electron chi connectivity index (χ4n) is 3.79. The normalized spacial score (nSPS) is 13.7. The number of nitrogens with zero attached hydrogens (tertiary/aromatic N) is 5. The molecule has 1 fully saturated rings. The minimum absolute atomic E-state index is 0.179. The molecule has 0 unspecified atom stereocenters. The van der Waals surface area contributed by atoms with Crippen LogP contribution in [0.5, 0.6) is 5.75 Å². The second kappa shape index (κ2) is 7.62. The molecule has 4 heterocycles. The minimum atomic E-state index is -0.512. The molecule has 0 radical (unpaired) electrons. The zero-order chi connectivity index (χ0) is 20.5. The van der Waals surface area contributed by atoms with E-state index in [-0.39, 0.29) is 11.6 Å². The summed E-state index contributed by atoms with van der Waals surface area (Å²) in [5, 5.41) is 3.16. The molecule has 1 aromatic carbocycles. The molecule has 1 aliphatic heterocycles. The fraction of sp³-hybridized carbons (Fsp3) is 0.227. The third-order valence-corrected chi connectivity index (χ3v) is 5.31. The van der Waals surface area contributed by atoms with Gasteiger partial charge in [0.25, 0.3) is 0 Å². The average molecular weight is 404 g/mol. The van der Waals surface area contributed by atoms with Crippen LogP contribution >= 0.6 is 0 Å². The van der Waals surface area contributed by atoms with Crippen molar-refractivity contribution in [1.29, 1.82) is 0 Å². The summed E-state index contributed by atoms with van der Waals surface area (Å²) in [6.07, 6.45) is 7.01. The number of fused-ring (bicyclic) bond motifs is 1. The van der Waals surface area contributed by atoms with Gasteiger partial charge in [-0.3, -0.25) is 4.40 Å². The van der Waals surface area contributed by atoms with Crippen LogP contribution in [0.1, 0.15) is 12.8 Å². The first-order valence-electron chi connectivity index (χ1n) is 9.88. The maximum absolute atomic E-state index is 14.5. The molecule has 1 N–H and O–H groups in total. The Morgan fingerprint density at radius 3 is 2.77 bits per heavy atom. The topological polar surface area (TPSA) is 67.6 Å². The number of hydrogen-bond donors (Lipinski definition) is 1. The van der Waals surface area contributed by atoms with Crippen molar-refractivity contribution in [2.24, 2.45) is 0 Å². The van der Waals surface area contributed by atoms with Crippen LogP contribution in [-0.4, -0.2) is 39.6 Å². The van der Waals surface area contributed by atoms with Crippen LogP contribution in [0.2, 0.25) is 0 Å². The second-order valence-electron chi connectivity index (χ2n) is 7.17. The highest BCUT2D eigenvalue weighted by atomic mass is 19.1. The molecule has 0 atom stereocenters. The lowest BCUT2D eigenvalue weighted by Gasteiger charge is -2.19. The molecular formula is C22H21FN6O.